The number of rotatable bonds is 4. The zero-order valence-corrected chi connectivity index (χ0v) is 20.2. The minimum atomic E-state index is -1.91. The van der Waals surface area contributed by atoms with E-state index in [2.05, 4.69) is 0 Å². The first-order valence-corrected chi connectivity index (χ1v) is 12.3. The predicted octanol–water partition coefficient (Wildman–Crippen LogP) is 2.39. The van der Waals surface area contributed by atoms with Crippen LogP contribution in [0.4, 0.5) is 4.39 Å². The normalized spacial score (nSPS) is 22.1. The number of ether oxygens (including phenoxy) is 2. The van der Waals surface area contributed by atoms with Gasteiger partial charge in [0.1, 0.15) is 12.4 Å². The second-order valence-corrected chi connectivity index (χ2v) is 9.84. The number of hydrogen-bond donors (Lipinski definition) is 2. The van der Waals surface area contributed by atoms with Crippen molar-refractivity contribution < 1.29 is 28.9 Å². The van der Waals surface area contributed by atoms with E-state index in [9.17, 15) is 24.2 Å². The fourth-order valence-electron chi connectivity index (χ4n) is 6.02. The van der Waals surface area contributed by atoms with Gasteiger partial charge in [-0.25, -0.2) is 14.2 Å². The lowest BCUT2D eigenvalue weighted by Crippen LogP contribution is -2.44. The smallest absolute Gasteiger partial charge is 0.343 e. The number of fused-ring (bicyclic) bond motifs is 5. The first-order valence-electron chi connectivity index (χ1n) is 12.3. The van der Waals surface area contributed by atoms with Gasteiger partial charge in [-0.3, -0.25) is 4.79 Å². The second kappa shape index (κ2) is 8.19. The van der Waals surface area contributed by atoms with Crippen LogP contribution in [-0.2, 0) is 45.9 Å². The molecule has 0 saturated carbocycles. The molecular formula is C27H27FN2O6. The lowest BCUT2D eigenvalue weighted by molar-refractivity contribution is -0.172. The Morgan fingerprint density at radius 3 is 2.81 bits per heavy atom. The Bertz CT molecular complexity index is 1510. The molecule has 4 heterocycles. The predicted molar refractivity (Wildman–Crippen MR) is 128 cm³/mol. The third-order valence-electron chi connectivity index (χ3n) is 8.01. The maximum absolute atomic E-state index is 15.0. The molecule has 0 bridgehead atoms. The van der Waals surface area contributed by atoms with E-state index in [1.807, 2.05) is 0 Å². The number of carbonyl (C=O) groups excluding carboxylic acids is 1. The van der Waals surface area contributed by atoms with Crippen molar-refractivity contribution in [3.8, 4) is 11.4 Å². The van der Waals surface area contributed by atoms with Crippen LogP contribution in [0.2, 0.25) is 0 Å². The summed E-state index contributed by atoms with van der Waals surface area (Å²) >= 11 is 0. The Hall–Kier alpha value is -3.14. The number of benzene rings is 1. The number of aliphatic hydroxyl groups is 2. The van der Waals surface area contributed by atoms with Gasteiger partial charge in [0.2, 0.25) is 0 Å². The van der Waals surface area contributed by atoms with Crippen LogP contribution in [0.25, 0.3) is 22.3 Å². The number of aryl methyl sites for hydroxylation is 1. The summed E-state index contributed by atoms with van der Waals surface area (Å²) in [6, 6.07) is 3.10. The monoisotopic (exact) mass is 494 g/mol. The van der Waals surface area contributed by atoms with Crippen molar-refractivity contribution in [2.75, 3.05) is 13.2 Å². The van der Waals surface area contributed by atoms with Crippen molar-refractivity contribution >= 4 is 16.9 Å². The molecular weight excluding hydrogens is 467 g/mol. The van der Waals surface area contributed by atoms with Crippen LogP contribution in [0.5, 0.6) is 0 Å². The molecule has 0 amide bonds. The lowest BCUT2D eigenvalue weighted by atomic mass is 9.86. The summed E-state index contributed by atoms with van der Waals surface area (Å²) in [6.07, 6.45) is 1.72. The van der Waals surface area contributed by atoms with E-state index in [1.165, 1.54) is 6.07 Å². The molecule has 36 heavy (non-hydrogen) atoms. The zero-order valence-electron chi connectivity index (χ0n) is 20.2. The van der Waals surface area contributed by atoms with Crippen molar-refractivity contribution in [3.63, 3.8) is 0 Å². The van der Waals surface area contributed by atoms with E-state index in [0.717, 1.165) is 22.1 Å². The van der Waals surface area contributed by atoms with Crippen LogP contribution in [-0.4, -0.2) is 45.1 Å². The summed E-state index contributed by atoms with van der Waals surface area (Å²) in [5.41, 5.74) is 3.12. The van der Waals surface area contributed by atoms with Crippen molar-refractivity contribution in [2.45, 2.75) is 64.4 Å². The minimum absolute atomic E-state index is 0.0582. The van der Waals surface area contributed by atoms with Gasteiger partial charge in [0.15, 0.2) is 5.60 Å². The van der Waals surface area contributed by atoms with Gasteiger partial charge in [-0.1, -0.05) is 6.92 Å². The summed E-state index contributed by atoms with van der Waals surface area (Å²) in [4.78, 5) is 30.8. The third kappa shape index (κ3) is 3.12. The molecule has 2 N–H and O–H groups in total. The number of aliphatic hydroxyl groups excluding tert-OH is 1. The number of aromatic nitrogens is 2. The van der Waals surface area contributed by atoms with Crippen LogP contribution < -0.4 is 5.56 Å². The highest BCUT2D eigenvalue weighted by molar-refractivity contribution is 5.92. The third-order valence-corrected chi connectivity index (χ3v) is 8.01. The Morgan fingerprint density at radius 2 is 2.06 bits per heavy atom. The molecule has 0 saturated heterocycles. The van der Waals surface area contributed by atoms with Gasteiger partial charge in [-0.15, -0.1) is 0 Å². The molecule has 0 radical (unpaired) electrons. The molecule has 0 spiro atoms. The summed E-state index contributed by atoms with van der Waals surface area (Å²) in [7, 11) is 0. The van der Waals surface area contributed by atoms with E-state index in [-0.39, 0.29) is 61.4 Å². The first kappa shape index (κ1) is 23.3. The fraction of sp³-hybridized carbons (Fsp3) is 0.444. The molecule has 2 atom stereocenters. The number of nitrogens with zero attached hydrogens (tertiary/aromatic N) is 2. The molecule has 1 unspecified atom stereocenters. The van der Waals surface area contributed by atoms with E-state index in [4.69, 9.17) is 14.5 Å². The largest absolute Gasteiger partial charge is 0.458 e. The van der Waals surface area contributed by atoms with Crippen LogP contribution >= 0.6 is 0 Å². The van der Waals surface area contributed by atoms with Crippen LogP contribution in [0, 0.1) is 12.7 Å². The van der Waals surface area contributed by atoms with E-state index < -0.39 is 11.6 Å². The molecule has 3 aliphatic rings. The molecule has 188 valence electrons. The van der Waals surface area contributed by atoms with Crippen molar-refractivity contribution in [1.82, 2.24) is 9.55 Å². The van der Waals surface area contributed by atoms with Gasteiger partial charge in [0.05, 0.1) is 48.3 Å². The maximum Gasteiger partial charge on any atom is 0.343 e. The van der Waals surface area contributed by atoms with Gasteiger partial charge in [0.25, 0.3) is 5.56 Å². The molecule has 1 aliphatic carbocycles. The lowest BCUT2D eigenvalue weighted by Gasteiger charge is -2.31. The Kier molecular flexibility index (Phi) is 5.30. The Balaban J connectivity index is 1.62. The maximum atomic E-state index is 15.0. The van der Waals surface area contributed by atoms with Crippen molar-refractivity contribution in [1.29, 1.82) is 0 Å². The first-order chi connectivity index (χ1) is 17.3. The van der Waals surface area contributed by atoms with Gasteiger partial charge < -0.3 is 24.3 Å². The molecule has 9 heteroatoms. The molecule has 2 aromatic heterocycles. The summed E-state index contributed by atoms with van der Waals surface area (Å²) < 4.78 is 27.6. The summed E-state index contributed by atoms with van der Waals surface area (Å²) in [5, 5.41) is 21.3. The molecule has 6 rings (SSSR count). The van der Waals surface area contributed by atoms with Crippen LogP contribution in [0.1, 0.15) is 53.1 Å². The average Bonchev–Trinajstić information content (AvgIpc) is 3.12. The van der Waals surface area contributed by atoms with E-state index in [1.54, 1.807) is 24.5 Å². The minimum Gasteiger partial charge on any atom is -0.458 e. The number of pyridine rings is 2. The highest BCUT2D eigenvalue weighted by Gasteiger charge is 2.45. The molecule has 2 aliphatic heterocycles. The second-order valence-electron chi connectivity index (χ2n) is 9.84. The van der Waals surface area contributed by atoms with E-state index >= 15 is 0 Å². The fourth-order valence-corrected chi connectivity index (χ4v) is 6.02. The van der Waals surface area contributed by atoms with E-state index in [0.29, 0.717) is 41.7 Å². The highest BCUT2D eigenvalue weighted by Crippen LogP contribution is 2.43. The topological polar surface area (TPSA) is 111 Å². The number of halogens is 1. The zero-order chi connectivity index (χ0) is 25.4. The SMILES string of the molecule is CC[C@@]1(O)C(=O)OCc2c1cc1n(c2=O)Cc2c-1nc1cc(F)c(C)c3c1c2CC(OCCO)CC3. The summed E-state index contributed by atoms with van der Waals surface area (Å²) in [5.74, 6) is -1.11. The van der Waals surface area contributed by atoms with Crippen molar-refractivity contribution in [2.24, 2.45) is 0 Å². The number of hydrogen-bond acceptors (Lipinski definition) is 7. The number of carbonyl (C=O) groups is 1. The van der Waals surface area contributed by atoms with Gasteiger partial charge in [-0.05, 0) is 55.4 Å². The quantitative estimate of drug-likeness (QED) is 0.419. The van der Waals surface area contributed by atoms with Crippen LogP contribution in [0.15, 0.2) is 16.9 Å². The van der Waals surface area contributed by atoms with Crippen molar-refractivity contribution in [3.05, 3.63) is 61.7 Å². The highest BCUT2D eigenvalue weighted by atomic mass is 19.1. The van der Waals surface area contributed by atoms with Gasteiger partial charge >= 0.3 is 5.97 Å². The van der Waals surface area contributed by atoms with Crippen LogP contribution in [0.3, 0.4) is 0 Å². The van der Waals surface area contributed by atoms with Gasteiger partial charge in [-0.2, -0.15) is 0 Å². The standard InChI is InChI=1S/C27H27FN2O6/c1-3-27(34)19-9-22-24-17(11-30(22)25(32)18(19)12-36-26(27)33)16-8-14(35-7-6-31)4-5-15-13(2)20(28)10-21(29-24)23(15)16/h9-10,14,31,34H,3-8,11-12H2,1-2H3/t14?,27-/m0/s1. The molecule has 3 aromatic rings. The molecule has 1 aromatic carbocycles. The average molecular weight is 495 g/mol. The van der Waals surface area contributed by atoms with Gasteiger partial charge in [0, 0.05) is 22.6 Å². The summed E-state index contributed by atoms with van der Waals surface area (Å²) in [6.45, 7) is 3.63. The molecule has 0 fully saturated rings. The Labute approximate surface area is 206 Å². The Morgan fingerprint density at radius 1 is 1.25 bits per heavy atom. The number of cyclic esters (lactones) is 1. The molecule has 8 nitrogen and oxygen atoms in total. The number of esters is 1.